The molecule has 0 saturated carbocycles. The van der Waals surface area contributed by atoms with Crippen molar-refractivity contribution in [3.63, 3.8) is 0 Å². The lowest BCUT2D eigenvalue weighted by atomic mass is 10.2. The van der Waals surface area contributed by atoms with Gasteiger partial charge in [-0.25, -0.2) is 8.42 Å². The molecule has 0 fully saturated rings. The van der Waals surface area contributed by atoms with Crippen LogP contribution in [0.25, 0.3) is 6.08 Å². The normalized spacial score (nSPS) is 11.2. The predicted octanol–water partition coefficient (Wildman–Crippen LogP) is 2.26. The van der Waals surface area contributed by atoms with Gasteiger partial charge in [-0.15, -0.1) is 0 Å². The van der Waals surface area contributed by atoms with E-state index in [1.54, 1.807) is 30.3 Å². The molecule has 0 aliphatic rings. The van der Waals surface area contributed by atoms with Crippen LogP contribution < -0.4 is 19.5 Å². The molecule has 0 aliphatic carbocycles. The standard InChI is InChI=1S/C18H20N2O5S/c1-19-18(21)11-6-13-4-8-15(9-5-13)26(22,23)20-16-12-14(24-2)7-10-17(16)25-3/h4-12,20H,1-3H3,(H,19,21). The Bertz CT molecular complexity index is 906. The van der Waals surface area contributed by atoms with Gasteiger partial charge in [0.2, 0.25) is 5.91 Å². The van der Waals surface area contributed by atoms with Gasteiger partial charge in [-0.1, -0.05) is 12.1 Å². The van der Waals surface area contributed by atoms with Crippen LogP contribution in [0, 0.1) is 0 Å². The number of carbonyl (C=O) groups is 1. The number of anilines is 1. The predicted molar refractivity (Wildman–Crippen MR) is 99.9 cm³/mol. The van der Waals surface area contributed by atoms with Crippen LogP contribution in [0.5, 0.6) is 11.5 Å². The number of benzene rings is 2. The number of methoxy groups -OCH3 is 2. The average molecular weight is 376 g/mol. The highest BCUT2D eigenvalue weighted by atomic mass is 32.2. The summed E-state index contributed by atoms with van der Waals surface area (Å²) in [6.45, 7) is 0. The van der Waals surface area contributed by atoms with Crippen molar-refractivity contribution in [1.29, 1.82) is 0 Å². The Labute approximate surface area is 152 Å². The highest BCUT2D eigenvalue weighted by molar-refractivity contribution is 7.92. The molecule has 0 unspecified atom stereocenters. The van der Waals surface area contributed by atoms with Crippen LogP contribution in [-0.4, -0.2) is 35.6 Å². The second-order valence-electron chi connectivity index (χ2n) is 5.19. The Morgan fingerprint density at radius 2 is 1.73 bits per heavy atom. The van der Waals surface area contributed by atoms with Gasteiger partial charge in [-0.05, 0) is 35.9 Å². The van der Waals surface area contributed by atoms with Gasteiger partial charge < -0.3 is 14.8 Å². The van der Waals surface area contributed by atoms with Crippen LogP contribution in [0.2, 0.25) is 0 Å². The van der Waals surface area contributed by atoms with Crippen molar-refractivity contribution in [2.75, 3.05) is 26.0 Å². The monoisotopic (exact) mass is 376 g/mol. The maximum absolute atomic E-state index is 12.6. The first-order chi connectivity index (χ1) is 12.4. The number of hydrogen-bond donors (Lipinski definition) is 2. The average Bonchev–Trinajstić information content (AvgIpc) is 2.66. The summed E-state index contributed by atoms with van der Waals surface area (Å²) in [5.41, 5.74) is 0.974. The van der Waals surface area contributed by atoms with Crippen molar-refractivity contribution in [2.24, 2.45) is 0 Å². The maximum atomic E-state index is 12.6. The third-order valence-electron chi connectivity index (χ3n) is 3.51. The summed E-state index contributed by atoms with van der Waals surface area (Å²) in [5.74, 6) is 0.631. The zero-order chi connectivity index (χ0) is 19.2. The molecule has 0 bridgehead atoms. The Balaban J connectivity index is 2.25. The van der Waals surface area contributed by atoms with E-state index in [0.717, 1.165) is 0 Å². The van der Waals surface area contributed by atoms with Crippen LogP contribution in [0.3, 0.4) is 0 Å². The van der Waals surface area contributed by atoms with Crippen molar-refractivity contribution in [3.8, 4) is 11.5 Å². The molecule has 0 atom stereocenters. The van der Waals surface area contributed by atoms with Crippen LogP contribution in [0.15, 0.2) is 53.4 Å². The van der Waals surface area contributed by atoms with E-state index in [2.05, 4.69) is 10.0 Å². The maximum Gasteiger partial charge on any atom is 0.262 e. The highest BCUT2D eigenvalue weighted by Crippen LogP contribution is 2.30. The molecule has 7 nitrogen and oxygen atoms in total. The summed E-state index contributed by atoms with van der Waals surface area (Å²) in [4.78, 5) is 11.3. The van der Waals surface area contributed by atoms with E-state index >= 15 is 0 Å². The van der Waals surface area contributed by atoms with Gasteiger partial charge in [0, 0.05) is 19.2 Å². The molecule has 2 rings (SSSR count). The molecule has 0 heterocycles. The number of amides is 1. The lowest BCUT2D eigenvalue weighted by Crippen LogP contribution is -2.14. The number of carbonyl (C=O) groups excluding carboxylic acids is 1. The molecule has 138 valence electrons. The van der Waals surface area contributed by atoms with Crippen molar-refractivity contribution in [1.82, 2.24) is 5.32 Å². The molecule has 2 aromatic rings. The smallest absolute Gasteiger partial charge is 0.262 e. The fourth-order valence-corrected chi connectivity index (χ4v) is 3.17. The lowest BCUT2D eigenvalue weighted by molar-refractivity contribution is -0.115. The summed E-state index contributed by atoms with van der Waals surface area (Å²) in [6.07, 6.45) is 2.95. The molecular weight excluding hydrogens is 356 g/mol. The zero-order valence-corrected chi connectivity index (χ0v) is 15.5. The van der Waals surface area contributed by atoms with Gasteiger partial charge in [-0.2, -0.15) is 0 Å². The van der Waals surface area contributed by atoms with Gasteiger partial charge in [-0.3, -0.25) is 9.52 Å². The van der Waals surface area contributed by atoms with Gasteiger partial charge in [0.05, 0.1) is 24.8 Å². The number of sulfonamides is 1. The second kappa shape index (κ2) is 8.39. The Hall–Kier alpha value is -3.00. The number of ether oxygens (including phenoxy) is 2. The van der Waals surface area contributed by atoms with Crippen molar-refractivity contribution in [2.45, 2.75) is 4.90 Å². The molecule has 26 heavy (non-hydrogen) atoms. The minimum atomic E-state index is -3.81. The van der Waals surface area contributed by atoms with Crippen molar-refractivity contribution >= 4 is 27.7 Å². The van der Waals surface area contributed by atoms with Gasteiger partial charge in [0.1, 0.15) is 11.5 Å². The Morgan fingerprint density at radius 3 is 2.31 bits per heavy atom. The Morgan fingerprint density at radius 1 is 1.04 bits per heavy atom. The zero-order valence-electron chi connectivity index (χ0n) is 14.6. The fourth-order valence-electron chi connectivity index (χ4n) is 2.11. The molecular formula is C18H20N2O5S. The van der Waals surface area contributed by atoms with E-state index in [-0.39, 0.29) is 16.5 Å². The first kappa shape index (κ1) is 19.3. The highest BCUT2D eigenvalue weighted by Gasteiger charge is 2.17. The third-order valence-corrected chi connectivity index (χ3v) is 4.90. The quantitative estimate of drug-likeness (QED) is 0.723. The third kappa shape index (κ3) is 4.76. The number of hydrogen-bond acceptors (Lipinski definition) is 5. The summed E-state index contributed by atoms with van der Waals surface area (Å²) in [6, 6.07) is 11.0. The molecule has 1 amide bonds. The second-order valence-corrected chi connectivity index (χ2v) is 6.87. The molecule has 8 heteroatoms. The minimum Gasteiger partial charge on any atom is -0.497 e. The largest absolute Gasteiger partial charge is 0.497 e. The molecule has 0 aromatic heterocycles. The molecule has 0 radical (unpaired) electrons. The lowest BCUT2D eigenvalue weighted by Gasteiger charge is -2.13. The van der Waals surface area contributed by atoms with E-state index in [0.29, 0.717) is 17.1 Å². The van der Waals surface area contributed by atoms with E-state index in [1.165, 1.54) is 45.5 Å². The fraction of sp³-hybridized carbons (Fsp3) is 0.167. The molecule has 0 aliphatic heterocycles. The van der Waals surface area contributed by atoms with Crippen LogP contribution >= 0.6 is 0 Å². The van der Waals surface area contributed by atoms with Crippen molar-refractivity contribution in [3.05, 3.63) is 54.1 Å². The van der Waals surface area contributed by atoms with E-state index in [1.807, 2.05) is 0 Å². The van der Waals surface area contributed by atoms with E-state index in [4.69, 9.17) is 9.47 Å². The minimum absolute atomic E-state index is 0.0828. The molecule has 2 aromatic carbocycles. The summed E-state index contributed by atoms with van der Waals surface area (Å²) in [5, 5.41) is 2.46. The summed E-state index contributed by atoms with van der Waals surface area (Å²) < 4.78 is 38.0. The van der Waals surface area contributed by atoms with E-state index in [9.17, 15) is 13.2 Å². The van der Waals surface area contributed by atoms with Gasteiger partial charge >= 0.3 is 0 Å². The SMILES string of the molecule is CNC(=O)C=Cc1ccc(S(=O)(=O)Nc2cc(OC)ccc2OC)cc1. The molecule has 2 N–H and O–H groups in total. The van der Waals surface area contributed by atoms with Crippen LogP contribution in [0.4, 0.5) is 5.69 Å². The van der Waals surface area contributed by atoms with Gasteiger partial charge in [0.25, 0.3) is 10.0 Å². The topological polar surface area (TPSA) is 93.7 Å². The summed E-state index contributed by atoms with van der Waals surface area (Å²) >= 11 is 0. The number of likely N-dealkylation sites (N-methyl/N-ethyl adjacent to an activating group) is 1. The van der Waals surface area contributed by atoms with Crippen LogP contribution in [0.1, 0.15) is 5.56 Å². The molecule has 0 saturated heterocycles. The summed E-state index contributed by atoms with van der Waals surface area (Å²) in [7, 11) is 0.659. The van der Waals surface area contributed by atoms with Gasteiger partial charge in [0.15, 0.2) is 0 Å². The first-order valence-electron chi connectivity index (χ1n) is 7.64. The Kier molecular flexibility index (Phi) is 6.24. The van der Waals surface area contributed by atoms with Crippen molar-refractivity contribution < 1.29 is 22.7 Å². The number of rotatable bonds is 7. The number of nitrogens with one attached hydrogen (secondary N) is 2. The molecule has 0 spiro atoms. The van der Waals surface area contributed by atoms with Crippen LogP contribution in [-0.2, 0) is 14.8 Å². The first-order valence-corrected chi connectivity index (χ1v) is 9.12. The van der Waals surface area contributed by atoms with E-state index < -0.39 is 10.0 Å².